The van der Waals surface area contributed by atoms with Gasteiger partial charge in [0.15, 0.2) is 0 Å². The number of benzene rings is 1. The third kappa shape index (κ3) is 2.04. The molecule has 0 radical (unpaired) electrons. The second-order valence-electron chi connectivity index (χ2n) is 4.11. The van der Waals surface area contributed by atoms with Crippen LogP contribution in [0.1, 0.15) is 16.6 Å². The summed E-state index contributed by atoms with van der Waals surface area (Å²) >= 11 is 1.48. The van der Waals surface area contributed by atoms with Crippen molar-refractivity contribution < 1.29 is 9.53 Å². The fraction of sp³-hybridized carbons (Fsp3) is 0.133. The molecule has 0 aliphatic heterocycles. The number of rotatable bonds is 3. The molecule has 19 heavy (non-hydrogen) atoms. The Morgan fingerprint density at radius 2 is 2.11 bits per heavy atom. The molecule has 0 amide bonds. The fourth-order valence-corrected chi connectivity index (χ4v) is 3.25. The van der Waals surface area contributed by atoms with E-state index >= 15 is 0 Å². The molecule has 1 N–H and O–H groups in total. The van der Waals surface area contributed by atoms with E-state index < -0.39 is 0 Å². The first-order chi connectivity index (χ1) is 9.31. The van der Waals surface area contributed by atoms with E-state index in [9.17, 15) is 4.79 Å². The van der Waals surface area contributed by atoms with Gasteiger partial charge in [0.05, 0.1) is 6.61 Å². The van der Waals surface area contributed by atoms with E-state index in [0.29, 0.717) is 11.5 Å². The lowest BCUT2D eigenvalue weighted by atomic mass is 10.1. The van der Waals surface area contributed by atoms with E-state index in [1.165, 1.54) is 11.3 Å². The first kappa shape index (κ1) is 12.0. The van der Waals surface area contributed by atoms with Crippen LogP contribution in [0.5, 0.6) is 0 Å². The number of fused-ring (bicyclic) bond motifs is 1. The molecule has 0 atom stereocenters. The van der Waals surface area contributed by atoms with Crippen molar-refractivity contribution in [2.45, 2.75) is 6.92 Å². The van der Waals surface area contributed by atoms with Gasteiger partial charge >= 0.3 is 5.97 Å². The monoisotopic (exact) mass is 271 g/mol. The maximum atomic E-state index is 12.1. The topological polar surface area (TPSA) is 42.1 Å². The van der Waals surface area contributed by atoms with Gasteiger partial charge in [0, 0.05) is 27.5 Å². The van der Waals surface area contributed by atoms with Gasteiger partial charge in [-0.25, -0.2) is 4.79 Å². The average Bonchev–Trinajstić information content (AvgIpc) is 3.05. The minimum Gasteiger partial charge on any atom is -0.462 e. The minimum atomic E-state index is -0.256. The van der Waals surface area contributed by atoms with Crippen molar-refractivity contribution in [3.63, 3.8) is 0 Å². The molecule has 0 spiro atoms. The number of aromatic nitrogens is 1. The molecule has 2 aromatic heterocycles. The summed E-state index contributed by atoms with van der Waals surface area (Å²) in [6, 6.07) is 11.9. The molecule has 0 fully saturated rings. The Bertz CT molecular complexity index is 713. The highest BCUT2D eigenvalue weighted by molar-refractivity contribution is 7.21. The smallest absolute Gasteiger partial charge is 0.349 e. The SMILES string of the molecule is CCOC(=O)c1sc2ccccc2c1-c1ccc[nH]1. The van der Waals surface area contributed by atoms with Gasteiger partial charge in [0.1, 0.15) is 4.88 Å². The van der Waals surface area contributed by atoms with E-state index in [-0.39, 0.29) is 5.97 Å². The normalized spacial score (nSPS) is 10.8. The minimum absolute atomic E-state index is 0.256. The number of carbonyl (C=O) groups excluding carboxylic acids is 1. The van der Waals surface area contributed by atoms with Crippen LogP contribution in [0.4, 0.5) is 0 Å². The Kier molecular flexibility index (Phi) is 3.09. The van der Waals surface area contributed by atoms with Crippen LogP contribution in [-0.4, -0.2) is 17.6 Å². The van der Waals surface area contributed by atoms with Gasteiger partial charge in [0.25, 0.3) is 0 Å². The van der Waals surface area contributed by atoms with Crippen LogP contribution < -0.4 is 0 Å². The van der Waals surface area contributed by atoms with Crippen molar-refractivity contribution >= 4 is 27.4 Å². The lowest BCUT2D eigenvalue weighted by Crippen LogP contribution is -2.03. The van der Waals surface area contributed by atoms with Crippen molar-refractivity contribution in [2.75, 3.05) is 6.61 Å². The maximum absolute atomic E-state index is 12.1. The number of hydrogen-bond acceptors (Lipinski definition) is 3. The third-order valence-electron chi connectivity index (χ3n) is 2.92. The van der Waals surface area contributed by atoms with Crippen molar-refractivity contribution in [1.29, 1.82) is 0 Å². The lowest BCUT2D eigenvalue weighted by Gasteiger charge is -2.02. The quantitative estimate of drug-likeness (QED) is 0.729. The Hall–Kier alpha value is -2.07. The van der Waals surface area contributed by atoms with Gasteiger partial charge in [-0.1, -0.05) is 18.2 Å². The zero-order valence-corrected chi connectivity index (χ0v) is 11.3. The van der Waals surface area contributed by atoms with Gasteiger partial charge in [-0.05, 0) is 25.1 Å². The number of hydrogen-bond donors (Lipinski definition) is 1. The summed E-state index contributed by atoms with van der Waals surface area (Å²) in [4.78, 5) is 15.9. The molecule has 3 rings (SSSR count). The van der Waals surface area contributed by atoms with Crippen LogP contribution in [0.2, 0.25) is 0 Å². The van der Waals surface area contributed by atoms with Crippen LogP contribution >= 0.6 is 11.3 Å². The standard InChI is InChI=1S/C15H13NO2S/c1-2-18-15(17)14-13(11-7-5-9-16-11)10-6-3-4-8-12(10)19-14/h3-9,16H,2H2,1H3. The Balaban J connectivity index is 2.26. The zero-order chi connectivity index (χ0) is 13.2. The number of nitrogens with one attached hydrogen (secondary N) is 1. The molecule has 3 aromatic rings. The second kappa shape index (κ2) is 4.90. The van der Waals surface area contributed by atoms with Crippen molar-refractivity contribution in [1.82, 2.24) is 4.98 Å². The van der Waals surface area contributed by atoms with Crippen LogP contribution in [0.15, 0.2) is 42.6 Å². The highest BCUT2D eigenvalue weighted by Crippen LogP contribution is 2.38. The van der Waals surface area contributed by atoms with E-state index in [1.807, 2.05) is 49.5 Å². The molecular weight excluding hydrogens is 258 g/mol. The van der Waals surface area contributed by atoms with Gasteiger partial charge < -0.3 is 9.72 Å². The molecule has 0 saturated carbocycles. The van der Waals surface area contributed by atoms with Crippen LogP contribution in [0.25, 0.3) is 21.3 Å². The summed E-state index contributed by atoms with van der Waals surface area (Å²) in [5.74, 6) is -0.256. The van der Waals surface area contributed by atoms with Gasteiger partial charge in [0.2, 0.25) is 0 Å². The Morgan fingerprint density at radius 3 is 2.84 bits per heavy atom. The van der Waals surface area contributed by atoms with E-state index in [4.69, 9.17) is 4.74 Å². The first-order valence-corrected chi connectivity index (χ1v) is 6.95. The fourth-order valence-electron chi connectivity index (χ4n) is 2.14. The van der Waals surface area contributed by atoms with E-state index in [0.717, 1.165) is 21.3 Å². The molecule has 2 heterocycles. The van der Waals surface area contributed by atoms with Crippen molar-refractivity contribution in [3.05, 3.63) is 47.5 Å². The lowest BCUT2D eigenvalue weighted by molar-refractivity contribution is 0.0533. The number of aromatic amines is 1. The molecule has 3 nitrogen and oxygen atoms in total. The predicted molar refractivity (Wildman–Crippen MR) is 77.6 cm³/mol. The highest BCUT2D eigenvalue weighted by Gasteiger charge is 2.20. The van der Waals surface area contributed by atoms with Crippen LogP contribution in [0.3, 0.4) is 0 Å². The van der Waals surface area contributed by atoms with E-state index in [1.54, 1.807) is 0 Å². The summed E-state index contributed by atoms with van der Waals surface area (Å²) in [7, 11) is 0. The summed E-state index contributed by atoms with van der Waals surface area (Å²) in [5, 5.41) is 1.08. The number of ether oxygens (including phenoxy) is 1. The van der Waals surface area contributed by atoms with Gasteiger partial charge in [-0.2, -0.15) is 0 Å². The molecule has 0 aliphatic carbocycles. The third-order valence-corrected chi connectivity index (χ3v) is 4.07. The van der Waals surface area contributed by atoms with Gasteiger partial charge in [-0.3, -0.25) is 0 Å². The zero-order valence-electron chi connectivity index (χ0n) is 10.5. The highest BCUT2D eigenvalue weighted by atomic mass is 32.1. The Morgan fingerprint density at radius 1 is 1.26 bits per heavy atom. The molecule has 0 saturated heterocycles. The number of esters is 1. The van der Waals surface area contributed by atoms with E-state index in [2.05, 4.69) is 4.98 Å². The molecule has 1 aromatic carbocycles. The second-order valence-corrected chi connectivity index (χ2v) is 5.16. The van der Waals surface area contributed by atoms with Gasteiger partial charge in [-0.15, -0.1) is 11.3 Å². The van der Waals surface area contributed by atoms with Crippen molar-refractivity contribution in [3.8, 4) is 11.3 Å². The molecule has 4 heteroatoms. The summed E-state index contributed by atoms with van der Waals surface area (Å²) in [6.45, 7) is 2.21. The Labute approximate surface area is 114 Å². The number of thiophene rings is 1. The summed E-state index contributed by atoms with van der Waals surface area (Å²) < 4.78 is 6.25. The maximum Gasteiger partial charge on any atom is 0.349 e. The molecule has 0 aliphatic rings. The molecular formula is C15H13NO2S. The van der Waals surface area contributed by atoms with Crippen LogP contribution in [0, 0.1) is 0 Å². The largest absolute Gasteiger partial charge is 0.462 e. The number of H-pyrrole nitrogens is 1. The molecule has 0 unspecified atom stereocenters. The summed E-state index contributed by atoms with van der Waals surface area (Å²) in [6.07, 6.45) is 1.86. The van der Waals surface area contributed by atoms with Crippen LogP contribution in [-0.2, 0) is 4.74 Å². The first-order valence-electron chi connectivity index (χ1n) is 6.13. The number of carbonyl (C=O) groups is 1. The van der Waals surface area contributed by atoms with Crippen molar-refractivity contribution in [2.24, 2.45) is 0 Å². The molecule has 96 valence electrons. The predicted octanol–water partition coefficient (Wildman–Crippen LogP) is 4.07. The average molecular weight is 271 g/mol. The summed E-state index contributed by atoms with van der Waals surface area (Å²) in [5.41, 5.74) is 1.88. The molecule has 0 bridgehead atoms.